The van der Waals surface area contributed by atoms with Crippen molar-refractivity contribution in [2.75, 3.05) is 0 Å². The summed E-state index contributed by atoms with van der Waals surface area (Å²) in [6.45, 7) is 0. The van der Waals surface area contributed by atoms with Gasteiger partial charge in [-0.25, -0.2) is 4.98 Å². The van der Waals surface area contributed by atoms with Gasteiger partial charge in [0.2, 0.25) is 5.15 Å². The maximum atomic E-state index is 10.9. The first-order valence-electron chi connectivity index (χ1n) is 4.77. The van der Waals surface area contributed by atoms with Crippen molar-refractivity contribution in [1.29, 1.82) is 0 Å². The summed E-state index contributed by atoms with van der Waals surface area (Å²) in [5.74, 6) is 0.161. The summed E-state index contributed by atoms with van der Waals surface area (Å²) >= 11 is 12.2. The van der Waals surface area contributed by atoms with Crippen LogP contribution in [0, 0.1) is 10.1 Å². The average molecular weight is 409 g/mol. The monoisotopic (exact) mass is 407 g/mol. The van der Waals surface area contributed by atoms with Crippen LogP contribution in [0.1, 0.15) is 0 Å². The molecule has 0 radical (unpaired) electrons. The van der Waals surface area contributed by atoms with Crippen LogP contribution in [0.4, 0.5) is 5.69 Å². The van der Waals surface area contributed by atoms with E-state index in [9.17, 15) is 10.1 Å². The highest BCUT2D eigenvalue weighted by molar-refractivity contribution is 9.11. The van der Waals surface area contributed by atoms with Crippen LogP contribution < -0.4 is 4.74 Å². The third-order valence-electron chi connectivity index (χ3n) is 2.03. The number of aromatic nitrogens is 2. The van der Waals surface area contributed by atoms with Crippen LogP contribution in [0.5, 0.6) is 11.6 Å². The van der Waals surface area contributed by atoms with Gasteiger partial charge in [0.15, 0.2) is 0 Å². The number of ether oxygens (including phenoxy) is 1. The van der Waals surface area contributed by atoms with Gasteiger partial charge in [-0.05, 0) is 34.1 Å². The van der Waals surface area contributed by atoms with Crippen molar-refractivity contribution >= 4 is 49.1 Å². The Labute approximate surface area is 129 Å². The summed E-state index contributed by atoms with van der Waals surface area (Å²) in [5.41, 5.74) is -0.473. The zero-order valence-electron chi connectivity index (χ0n) is 9.01. The van der Waals surface area contributed by atoms with Gasteiger partial charge in [0, 0.05) is 4.47 Å². The summed E-state index contributed by atoms with van der Waals surface area (Å²) in [5, 5.41) is 10.6. The zero-order valence-corrected chi connectivity index (χ0v) is 12.9. The molecule has 0 aliphatic rings. The van der Waals surface area contributed by atoms with Crippen LogP contribution in [-0.4, -0.2) is 14.9 Å². The molecule has 19 heavy (non-hydrogen) atoms. The first-order chi connectivity index (χ1) is 8.99. The van der Waals surface area contributed by atoms with Crippen molar-refractivity contribution < 1.29 is 9.66 Å². The minimum Gasteiger partial charge on any atom is -0.432 e. The highest BCUT2D eigenvalue weighted by Crippen LogP contribution is 2.37. The lowest BCUT2D eigenvalue weighted by Crippen LogP contribution is -1.98. The van der Waals surface area contributed by atoms with E-state index in [1.165, 1.54) is 0 Å². The fourth-order valence-corrected chi connectivity index (χ4v) is 2.55. The predicted molar refractivity (Wildman–Crippen MR) is 75.6 cm³/mol. The van der Waals surface area contributed by atoms with E-state index < -0.39 is 10.6 Å². The second-order valence-electron chi connectivity index (χ2n) is 3.25. The number of nitrogens with zero attached hydrogens (tertiary/aromatic N) is 3. The predicted octanol–water partition coefficient (Wildman–Crippen LogP) is 4.36. The van der Waals surface area contributed by atoms with Crippen molar-refractivity contribution in [3.8, 4) is 11.6 Å². The Morgan fingerprint density at radius 3 is 2.68 bits per heavy atom. The van der Waals surface area contributed by atoms with Crippen LogP contribution in [-0.2, 0) is 0 Å². The maximum absolute atomic E-state index is 10.9. The summed E-state index contributed by atoms with van der Waals surface area (Å²) < 4.78 is 6.84. The van der Waals surface area contributed by atoms with E-state index in [1.807, 2.05) is 0 Å². The topological polar surface area (TPSA) is 78.2 Å². The van der Waals surface area contributed by atoms with Crippen molar-refractivity contribution in [1.82, 2.24) is 9.97 Å². The smallest absolute Gasteiger partial charge is 0.368 e. The van der Waals surface area contributed by atoms with Crippen LogP contribution in [0.2, 0.25) is 5.15 Å². The van der Waals surface area contributed by atoms with E-state index in [0.29, 0.717) is 10.2 Å². The van der Waals surface area contributed by atoms with Gasteiger partial charge >= 0.3 is 11.6 Å². The standard InChI is InChI=1S/C10H4Br2ClN3O3/c11-5-1-2-7(6(12)3-5)19-10-8(16(17)18)9(13)14-4-15-10/h1-4H. The maximum Gasteiger partial charge on any atom is 0.368 e. The summed E-state index contributed by atoms with van der Waals surface area (Å²) in [7, 11) is 0. The van der Waals surface area contributed by atoms with Gasteiger partial charge in [0.25, 0.3) is 0 Å². The van der Waals surface area contributed by atoms with Gasteiger partial charge in [-0.15, -0.1) is 0 Å². The number of hydrogen-bond acceptors (Lipinski definition) is 5. The van der Waals surface area contributed by atoms with Crippen LogP contribution >= 0.6 is 43.5 Å². The lowest BCUT2D eigenvalue weighted by molar-refractivity contribution is -0.386. The Morgan fingerprint density at radius 1 is 1.32 bits per heavy atom. The Kier molecular flexibility index (Phi) is 4.33. The SMILES string of the molecule is O=[N+]([O-])c1c(Cl)ncnc1Oc1ccc(Br)cc1Br. The van der Waals surface area contributed by atoms with Gasteiger partial charge in [0.05, 0.1) is 9.40 Å². The number of benzene rings is 1. The molecule has 0 unspecified atom stereocenters. The Hall–Kier alpha value is -1.25. The number of hydrogen-bond donors (Lipinski definition) is 0. The van der Waals surface area contributed by atoms with E-state index in [0.717, 1.165) is 10.8 Å². The number of nitro groups is 1. The van der Waals surface area contributed by atoms with Crippen molar-refractivity contribution in [3.63, 3.8) is 0 Å². The third-order valence-corrected chi connectivity index (χ3v) is 3.42. The average Bonchev–Trinajstić information content (AvgIpc) is 2.32. The fourth-order valence-electron chi connectivity index (χ4n) is 1.23. The molecule has 0 fully saturated rings. The van der Waals surface area contributed by atoms with Crippen LogP contribution in [0.25, 0.3) is 0 Å². The molecule has 0 spiro atoms. The molecule has 0 aliphatic heterocycles. The number of rotatable bonds is 3. The lowest BCUT2D eigenvalue weighted by Gasteiger charge is -2.07. The molecule has 1 aromatic heterocycles. The molecule has 0 bridgehead atoms. The summed E-state index contributed by atoms with van der Waals surface area (Å²) in [4.78, 5) is 17.5. The second-order valence-corrected chi connectivity index (χ2v) is 5.38. The quantitative estimate of drug-likeness (QED) is 0.428. The Morgan fingerprint density at radius 2 is 2.05 bits per heavy atom. The van der Waals surface area contributed by atoms with Gasteiger partial charge < -0.3 is 4.74 Å². The molecule has 1 aromatic carbocycles. The molecule has 0 saturated heterocycles. The molecule has 2 aromatic rings. The van der Waals surface area contributed by atoms with E-state index in [4.69, 9.17) is 16.3 Å². The molecule has 6 nitrogen and oxygen atoms in total. The van der Waals surface area contributed by atoms with Gasteiger partial charge in [-0.3, -0.25) is 10.1 Å². The summed E-state index contributed by atoms with van der Waals surface area (Å²) in [6, 6.07) is 5.10. The first kappa shape index (κ1) is 14.2. The van der Waals surface area contributed by atoms with Crippen molar-refractivity contribution in [2.45, 2.75) is 0 Å². The summed E-state index contributed by atoms with van der Waals surface area (Å²) in [6.07, 6.45) is 1.09. The molecule has 1 heterocycles. The molecule has 0 aliphatic carbocycles. The van der Waals surface area contributed by atoms with E-state index in [2.05, 4.69) is 41.8 Å². The first-order valence-corrected chi connectivity index (χ1v) is 6.73. The van der Waals surface area contributed by atoms with Crippen LogP contribution in [0.15, 0.2) is 33.5 Å². The highest BCUT2D eigenvalue weighted by atomic mass is 79.9. The van der Waals surface area contributed by atoms with Crippen molar-refractivity contribution in [2.24, 2.45) is 0 Å². The minimum absolute atomic E-state index is 0.215. The van der Waals surface area contributed by atoms with Gasteiger partial charge in [-0.2, -0.15) is 4.98 Å². The fraction of sp³-hybridized carbons (Fsp3) is 0. The molecule has 0 N–H and O–H groups in total. The third kappa shape index (κ3) is 3.20. The van der Waals surface area contributed by atoms with E-state index in [1.54, 1.807) is 18.2 Å². The van der Waals surface area contributed by atoms with Gasteiger partial charge in [-0.1, -0.05) is 27.5 Å². The molecule has 0 atom stereocenters. The largest absolute Gasteiger partial charge is 0.432 e. The van der Waals surface area contributed by atoms with Crippen LogP contribution in [0.3, 0.4) is 0 Å². The molecular weight excluding hydrogens is 405 g/mol. The molecule has 0 saturated carbocycles. The highest BCUT2D eigenvalue weighted by Gasteiger charge is 2.24. The van der Waals surface area contributed by atoms with Crippen molar-refractivity contribution in [3.05, 3.63) is 48.7 Å². The van der Waals surface area contributed by atoms with E-state index >= 15 is 0 Å². The molecule has 0 amide bonds. The lowest BCUT2D eigenvalue weighted by atomic mass is 10.3. The number of halogens is 3. The second kappa shape index (κ2) is 5.81. The molecule has 98 valence electrons. The normalized spacial score (nSPS) is 10.3. The Bertz CT molecular complexity index is 654. The van der Waals surface area contributed by atoms with E-state index in [-0.39, 0.29) is 11.0 Å². The molecule has 9 heteroatoms. The van der Waals surface area contributed by atoms with Gasteiger partial charge in [0.1, 0.15) is 12.1 Å². The minimum atomic E-state index is -0.690. The molecular formula is C10H4Br2ClN3O3. The molecule has 2 rings (SSSR count). The zero-order chi connectivity index (χ0) is 14.0. The Balaban J connectivity index is 2.44.